The van der Waals surface area contributed by atoms with Crippen molar-refractivity contribution in [2.75, 3.05) is 18.0 Å². The Hall–Kier alpha value is -3.56. The van der Waals surface area contributed by atoms with E-state index in [1.165, 1.54) is 30.1 Å². The monoisotopic (exact) mass is 477 g/mol. The van der Waals surface area contributed by atoms with Crippen molar-refractivity contribution >= 4 is 11.9 Å². The molecule has 2 aliphatic rings. The number of ether oxygens (including phenoxy) is 1. The third kappa shape index (κ3) is 5.75. The number of piperidine rings is 1. The largest absolute Gasteiger partial charge is 0.489 e. The molecule has 0 radical (unpaired) electrons. The van der Waals surface area contributed by atoms with Crippen molar-refractivity contribution in [3.63, 3.8) is 0 Å². The van der Waals surface area contributed by atoms with Gasteiger partial charge in [0.05, 0.1) is 5.56 Å². The van der Waals surface area contributed by atoms with Gasteiger partial charge in [0.2, 0.25) is 5.95 Å². The molecule has 0 bridgehead atoms. The number of nitrogens with one attached hydrogen (secondary N) is 2. The zero-order valence-electron chi connectivity index (χ0n) is 19.2. The smallest absolute Gasteiger partial charge is 0.277 e. The van der Waals surface area contributed by atoms with E-state index in [-0.39, 0.29) is 11.4 Å². The molecule has 1 amide bonds. The Bertz CT molecular complexity index is 1130. The SMILES string of the molecule is O=C(NO)c1cnc(N2CCC(NC3CC3c3ccc(OCc4ccc(F)cc4)cc3)CC2)nc1. The van der Waals surface area contributed by atoms with Crippen LogP contribution >= 0.6 is 0 Å². The van der Waals surface area contributed by atoms with Crippen LogP contribution in [0.3, 0.4) is 0 Å². The lowest BCUT2D eigenvalue weighted by atomic mass is 10.0. The van der Waals surface area contributed by atoms with Crippen molar-refractivity contribution in [2.24, 2.45) is 0 Å². The number of hydrogen-bond acceptors (Lipinski definition) is 7. The van der Waals surface area contributed by atoms with Crippen molar-refractivity contribution in [3.05, 3.63) is 83.4 Å². The summed E-state index contributed by atoms with van der Waals surface area (Å²) >= 11 is 0. The third-order valence-electron chi connectivity index (χ3n) is 6.65. The van der Waals surface area contributed by atoms with Crippen molar-refractivity contribution in [3.8, 4) is 5.75 Å². The summed E-state index contributed by atoms with van der Waals surface area (Å²) in [5.74, 6) is 1.07. The van der Waals surface area contributed by atoms with Crippen LogP contribution in [-0.2, 0) is 6.61 Å². The Balaban J connectivity index is 1.06. The van der Waals surface area contributed by atoms with E-state index < -0.39 is 5.91 Å². The molecule has 3 N–H and O–H groups in total. The molecule has 2 unspecified atom stereocenters. The first-order valence-electron chi connectivity index (χ1n) is 11.8. The number of nitrogens with zero attached hydrogens (tertiary/aromatic N) is 3. The molecule has 35 heavy (non-hydrogen) atoms. The van der Waals surface area contributed by atoms with E-state index in [0.717, 1.165) is 43.7 Å². The Kier molecular flexibility index (Phi) is 6.87. The highest BCUT2D eigenvalue weighted by molar-refractivity contribution is 5.92. The fourth-order valence-corrected chi connectivity index (χ4v) is 4.52. The number of hydrogen-bond donors (Lipinski definition) is 3. The summed E-state index contributed by atoms with van der Waals surface area (Å²) in [6.45, 7) is 2.11. The van der Waals surface area contributed by atoms with E-state index in [1.54, 1.807) is 17.6 Å². The van der Waals surface area contributed by atoms with Crippen LogP contribution < -0.4 is 20.4 Å². The molecule has 1 saturated heterocycles. The molecule has 0 spiro atoms. The number of amides is 1. The molecule has 2 fully saturated rings. The van der Waals surface area contributed by atoms with Gasteiger partial charge in [0, 0.05) is 43.5 Å². The summed E-state index contributed by atoms with van der Waals surface area (Å²) in [4.78, 5) is 22.0. The quantitative estimate of drug-likeness (QED) is 0.338. The van der Waals surface area contributed by atoms with Crippen LogP contribution in [0.25, 0.3) is 0 Å². The van der Waals surface area contributed by atoms with Crippen molar-refractivity contribution in [1.29, 1.82) is 0 Å². The van der Waals surface area contributed by atoms with Crippen LogP contribution in [0.2, 0.25) is 0 Å². The summed E-state index contributed by atoms with van der Waals surface area (Å²) in [6.07, 6.45) is 5.98. The topological polar surface area (TPSA) is 99.6 Å². The Morgan fingerprint density at radius 3 is 2.40 bits per heavy atom. The lowest BCUT2D eigenvalue weighted by Gasteiger charge is -2.32. The number of halogens is 1. The number of rotatable bonds is 8. The average molecular weight is 478 g/mol. The number of aromatic nitrogens is 2. The Labute approximate surface area is 203 Å². The molecule has 2 atom stereocenters. The molecule has 1 aliphatic carbocycles. The first-order chi connectivity index (χ1) is 17.1. The summed E-state index contributed by atoms with van der Waals surface area (Å²) < 4.78 is 18.8. The van der Waals surface area contributed by atoms with Crippen molar-refractivity contribution in [1.82, 2.24) is 20.8 Å². The summed E-state index contributed by atoms with van der Waals surface area (Å²) in [5.41, 5.74) is 4.06. The minimum absolute atomic E-state index is 0.222. The number of carbonyl (C=O) groups excluding carboxylic acids is 1. The molecule has 2 heterocycles. The maximum Gasteiger partial charge on any atom is 0.277 e. The van der Waals surface area contributed by atoms with Crippen LogP contribution in [0.1, 0.15) is 46.7 Å². The molecule has 9 heteroatoms. The van der Waals surface area contributed by atoms with E-state index in [2.05, 4.69) is 32.3 Å². The second-order valence-electron chi connectivity index (χ2n) is 9.07. The second-order valence-corrected chi connectivity index (χ2v) is 9.07. The third-order valence-corrected chi connectivity index (χ3v) is 6.65. The lowest BCUT2D eigenvalue weighted by Crippen LogP contribution is -2.44. The van der Waals surface area contributed by atoms with Gasteiger partial charge in [-0.15, -0.1) is 0 Å². The fraction of sp³-hybridized carbons (Fsp3) is 0.346. The van der Waals surface area contributed by atoms with Crippen molar-refractivity contribution < 1.29 is 19.1 Å². The standard InChI is InChI=1S/C26H28FN5O3/c27-20-5-1-17(2-6-20)16-35-22-7-3-18(4-8-22)23-13-24(23)30-21-9-11-32(12-10-21)26-28-14-19(15-29-26)25(33)31-34/h1-8,14-15,21,23-24,30,34H,9-13,16H2,(H,31,33). The highest BCUT2D eigenvalue weighted by Crippen LogP contribution is 2.42. The Morgan fingerprint density at radius 2 is 1.74 bits per heavy atom. The van der Waals surface area contributed by atoms with Gasteiger partial charge in [0.1, 0.15) is 18.2 Å². The van der Waals surface area contributed by atoms with Gasteiger partial charge in [-0.05, 0) is 54.7 Å². The number of benzene rings is 2. The normalized spacial score (nSPS) is 19.9. The van der Waals surface area contributed by atoms with E-state index in [1.807, 2.05) is 12.1 Å². The van der Waals surface area contributed by atoms with E-state index in [0.29, 0.717) is 30.6 Å². The maximum absolute atomic E-state index is 13.0. The van der Waals surface area contributed by atoms with Crippen molar-refractivity contribution in [2.45, 2.75) is 43.9 Å². The number of carbonyl (C=O) groups is 1. The van der Waals surface area contributed by atoms with Crippen LogP contribution in [-0.4, -0.2) is 46.3 Å². The van der Waals surface area contributed by atoms with E-state index in [9.17, 15) is 9.18 Å². The van der Waals surface area contributed by atoms with Gasteiger partial charge in [0.15, 0.2) is 0 Å². The van der Waals surface area contributed by atoms with Crippen LogP contribution in [0.5, 0.6) is 5.75 Å². The average Bonchev–Trinajstić information content (AvgIpc) is 3.68. The van der Waals surface area contributed by atoms with Crippen LogP contribution in [0, 0.1) is 5.82 Å². The molecule has 1 aromatic heterocycles. The van der Waals surface area contributed by atoms with Gasteiger partial charge >= 0.3 is 0 Å². The predicted molar refractivity (Wildman–Crippen MR) is 128 cm³/mol. The highest BCUT2D eigenvalue weighted by atomic mass is 19.1. The first kappa shape index (κ1) is 23.2. The molecular weight excluding hydrogens is 449 g/mol. The molecule has 8 nitrogen and oxygen atoms in total. The molecular formula is C26H28FN5O3. The predicted octanol–water partition coefficient (Wildman–Crippen LogP) is 3.43. The van der Waals surface area contributed by atoms with Crippen LogP contribution in [0.4, 0.5) is 10.3 Å². The highest BCUT2D eigenvalue weighted by Gasteiger charge is 2.39. The maximum atomic E-state index is 13.0. The molecule has 1 saturated carbocycles. The molecule has 2 aromatic carbocycles. The molecule has 3 aromatic rings. The van der Waals surface area contributed by atoms with E-state index in [4.69, 9.17) is 9.94 Å². The van der Waals surface area contributed by atoms with Gasteiger partial charge in [0.25, 0.3) is 5.91 Å². The Morgan fingerprint density at radius 1 is 1.06 bits per heavy atom. The van der Waals surface area contributed by atoms with Gasteiger partial charge < -0.3 is 15.0 Å². The molecule has 1 aliphatic heterocycles. The van der Waals surface area contributed by atoms with E-state index >= 15 is 0 Å². The van der Waals surface area contributed by atoms with Gasteiger partial charge in [-0.25, -0.2) is 19.8 Å². The number of anilines is 1. The first-order valence-corrected chi connectivity index (χ1v) is 11.8. The van der Waals surface area contributed by atoms with Crippen LogP contribution in [0.15, 0.2) is 60.9 Å². The summed E-state index contributed by atoms with van der Waals surface area (Å²) in [5, 5.41) is 12.5. The summed E-state index contributed by atoms with van der Waals surface area (Å²) in [6, 6.07) is 15.6. The van der Waals surface area contributed by atoms with Gasteiger partial charge in [-0.1, -0.05) is 24.3 Å². The lowest BCUT2D eigenvalue weighted by molar-refractivity contribution is 0.0705. The zero-order chi connectivity index (χ0) is 24.2. The number of hydroxylamine groups is 1. The van der Waals surface area contributed by atoms with Gasteiger partial charge in [-0.2, -0.15) is 0 Å². The fourth-order valence-electron chi connectivity index (χ4n) is 4.52. The van der Waals surface area contributed by atoms with Gasteiger partial charge in [-0.3, -0.25) is 10.0 Å². The molecule has 5 rings (SSSR count). The molecule has 182 valence electrons. The summed E-state index contributed by atoms with van der Waals surface area (Å²) in [7, 11) is 0. The minimum atomic E-state index is -0.620. The second kappa shape index (κ2) is 10.4. The minimum Gasteiger partial charge on any atom is -0.489 e. The zero-order valence-corrected chi connectivity index (χ0v) is 19.2.